The number of hydrogen-bond acceptors (Lipinski definition) is 2. The minimum absolute atomic E-state index is 0. The van der Waals surface area contributed by atoms with Gasteiger partial charge in [0.25, 0.3) is 0 Å². The number of rotatable bonds is 1. The van der Waals surface area contributed by atoms with Gasteiger partial charge in [0.15, 0.2) is 0 Å². The lowest BCUT2D eigenvalue weighted by molar-refractivity contribution is 0.0777. The van der Waals surface area contributed by atoms with Crippen LogP contribution in [0.4, 0.5) is 0 Å². The van der Waals surface area contributed by atoms with E-state index in [1.807, 2.05) is 0 Å². The van der Waals surface area contributed by atoms with Crippen molar-refractivity contribution in [2.45, 2.75) is 19.3 Å². The van der Waals surface area contributed by atoms with Crippen LogP contribution in [0.1, 0.15) is 19.3 Å². The monoisotopic (exact) mass is 226 g/mol. The number of nitrogens with zero attached hydrogens (tertiary/aromatic N) is 1. The molecule has 2 N–H and O–H groups in total. The molecule has 13 heavy (non-hydrogen) atoms. The van der Waals surface area contributed by atoms with Gasteiger partial charge in [-0.1, -0.05) is 0 Å². The average molecular weight is 227 g/mol. The predicted molar refractivity (Wildman–Crippen MR) is 60.8 cm³/mol. The molecule has 2 nitrogen and oxygen atoms in total. The second kappa shape index (κ2) is 6.07. The summed E-state index contributed by atoms with van der Waals surface area (Å²) in [6.45, 7) is 4.90. The van der Waals surface area contributed by atoms with Gasteiger partial charge in [-0.15, -0.1) is 24.8 Å². The maximum Gasteiger partial charge on any atom is 0.00128 e. The number of nitrogens with two attached hydrogens (primary N) is 1. The topological polar surface area (TPSA) is 29.3 Å². The van der Waals surface area contributed by atoms with Gasteiger partial charge in [-0.3, -0.25) is 0 Å². The fourth-order valence-corrected chi connectivity index (χ4v) is 2.57. The highest BCUT2D eigenvalue weighted by Crippen LogP contribution is 2.30. The van der Waals surface area contributed by atoms with E-state index in [0.29, 0.717) is 0 Å². The molecule has 3 unspecified atom stereocenters. The zero-order chi connectivity index (χ0) is 7.68. The van der Waals surface area contributed by atoms with E-state index < -0.39 is 0 Å². The van der Waals surface area contributed by atoms with Gasteiger partial charge in [-0.25, -0.2) is 0 Å². The van der Waals surface area contributed by atoms with E-state index in [4.69, 9.17) is 5.73 Å². The van der Waals surface area contributed by atoms with Crippen LogP contribution in [0, 0.1) is 11.8 Å². The molecular formula is C9H20Cl2N2. The summed E-state index contributed by atoms with van der Waals surface area (Å²) < 4.78 is 0. The summed E-state index contributed by atoms with van der Waals surface area (Å²) in [6.07, 6.45) is 4.18. The van der Waals surface area contributed by atoms with E-state index in [1.165, 1.54) is 38.9 Å². The third-order valence-corrected chi connectivity index (χ3v) is 3.33. The number of piperidine rings is 2. The molecule has 0 aromatic heterocycles. The van der Waals surface area contributed by atoms with Crippen molar-refractivity contribution in [3.8, 4) is 0 Å². The third kappa shape index (κ3) is 2.98. The first-order chi connectivity index (χ1) is 5.40. The van der Waals surface area contributed by atoms with Crippen LogP contribution in [-0.4, -0.2) is 31.1 Å². The largest absolute Gasteiger partial charge is 0.330 e. The second-order valence-corrected chi connectivity index (χ2v) is 3.99. The predicted octanol–water partition coefficient (Wildman–Crippen LogP) is 1.52. The Bertz CT molecular complexity index is 144. The summed E-state index contributed by atoms with van der Waals surface area (Å²) in [5, 5.41) is 0. The van der Waals surface area contributed by atoms with Crippen LogP contribution in [0.25, 0.3) is 0 Å². The van der Waals surface area contributed by atoms with Crippen molar-refractivity contribution in [1.29, 1.82) is 0 Å². The molecule has 3 atom stereocenters. The standard InChI is InChI=1S/C9H18N2.2ClH/c10-6-8-3-5-11-4-1-2-9(8)7-11;;/h8-9H,1-7,10H2;2*1H. The Kier molecular flexibility index (Phi) is 6.31. The first kappa shape index (κ1) is 13.5. The summed E-state index contributed by atoms with van der Waals surface area (Å²) in [5.41, 5.74) is 5.72. The first-order valence-corrected chi connectivity index (χ1v) is 4.82. The van der Waals surface area contributed by atoms with Gasteiger partial charge in [0.05, 0.1) is 0 Å². The molecule has 0 spiro atoms. The summed E-state index contributed by atoms with van der Waals surface area (Å²) in [4.78, 5) is 2.60. The molecular weight excluding hydrogens is 207 g/mol. The molecule has 80 valence electrons. The number of fused-ring (bicyclic) bond motifs is 2. The quantitative estimate of drug-likeness (QED) is 0.735. The smallest absolute Gasteiger partial charge is 0.00128 e. The highest BCUT2D eigenvalue weighted by molar-refractivity contribution is 5.85. The second-order valence-electron chi connectivity index (χ2n) is 3.99. The molecule has 2 aliphatic rings. The van der Waals surface area contributed by atoms with Crippen molar-refractivity contribution in [2.75, 3.05) is 26.2 Å². The third-order valence-electron chi connectivity index (χ3n) is 3.33. The van der Waals surface area contributed by atoms with E-state index >= 15 is 0 Å². The van der Waals surface area contributed by atoms with Gasteiger partial charge in [-0.05, 0) is 50.7 Å². The Balaban J connectivity index is 0.000000720. The summed E-state index contributed by atoms with van der Waals surface area (Å²) >= 11 is 0. The SMILES string of the molecule is Cl.Cl.NCC1CCN2CCCC1C2. The fraction of sp³-hybridized carbons (Fsp3) is 1.00. The van der Waals surface area contributed by atoms with Crippen LogP contribution in [0.2, 0.25) is 0 Å². The lowest BCUT2D eigenvalue weighted by Crippen LogP contribution is -2.46. The molecule has 2 heterocycles. The number of halogens is 2. The van der Waals surface area contributed by atoms with E-state index in [0.717, 1.165) is 18.4 Å². The molecule has 2 saturated heterocycles. The zero-order valence-corrected chi connectivity index (χ0v) is 9.58. The molecule has 2 bridgehead atoms. The van der Waals surface area contributed by atoms with Gasteiger partial charge in [0, 0.05) is 6.54 Å². The highest BCUT2D eigenvalue weighted by atomic mass is 35.5. The molecule has 2 aliphatic heterocycles. The van der Waals surface area contributed by atoms with Crippen LogP contribution >= 0.6 is 24.8 Å². The van der Waals surface area contributed by atoms with Crippen molar-refractivity contribution in [2.24, 2.45) is 17.6 Å². The van der Waals surface area contributed by atoms with E-state index in [2.05, 4.69) is 4.90 Å². The van der Waals surface area contributed by atoms with Gasteiger partial charge < -0.3 is 10.6 Å². The van der Waals surface area contributed by atoms with Crippen LogP contribution < -0.4 is 5.73 Å². The highest BCUT2D eigenvalue weighted by Gasteiger charge is 2.30. The molecule has 0 radical (unpaired) electrons. The maximum atomic E-state index is 5.72. The van der Waals surface area contributed by atoms with Gasteiger partial charge in [0.2, 0.25) is 0 Å². The van der Waals surface area contributed by atoms with E-state index in [-0.39, 0.29) is 24.8 Å². The number of hydrogen-bond donors (Lipinski definition) is 1. The molecule has 0 saturated carbocycles. The molecule has 4 heteroatoms. The van der Waals surface area contributed by atoms with E-state index in [1.54, 1.807) is 0 Å². The summed E-state index contributed by atoms with van der Waals surface area (Å²) in [5.74, 6) is 1.77. The van der Waals surface area contributed by atoms with Crippen LogP contribution in [0.3, 0.4) is 0 Å². The zero-order valence-electron chi connectivity index (χ0n) is 7.95. The normalized spacial score (nSPS) is 37.2. The maximum absolute atomic E-state index is 5.72. The first-order valence-electron chi connectivity index (χ1n) is 4.82. The molecule has 0 aromatic rings. The van der Waals surface area contributed by atoms with Crippen molar-refractivity contribution in [3.05, 3.63) is 0 Å². The molecule has 0 aliphatic carbocycles. The van der Waals surface area contributed by atoms with Gasteiger partial charge in [-0.2, -0.15) is 0 Å². The molecule has 0 aromatic carbocycles. The van der Waals surface area contributed by atoms with Gasteiger partial charge >= 0.3 is 0 Å². The lowest BCUT2D eigenvalue weighted by Gasteiger charge is -2.42. The Labute approximate surface area is 93.1 Å². The molecule has 2 rings (SSSR count). The van der Waals surface area contributed by atoms with Crippen LogP contribution in [0.5, 0.6) is 0 Å². The Morgan fingerprint density at radius 2 is 1.92 bits per heavy atom. The minimum atomic E-state index is 0. The van der Waals surface area contributed by atoms with Crippen molar-refractivity contribution >= 4 is 24.8 Å². The minimum Gasteiger partial charge on any atom is -0.330 e. The molecule has 0 amide bonds. The molecule has 2 fully saturated rings. The van der Waals surface area contributed by atoms with Crippen LogP contribution in [0.15, 0.2) is 0 Å². The van der Waals surface area contributed by atoms with E-state index in [9.17, 15) is 0 Å². The fourth-order valence-electron chi connectivity index (χ4n) is 2.57. The summed E-state index contributed by atoms with van der Waals surface area (Å²) in [7, 11) is 0. The van der Waals surface area contributed by atoms with Crippen molar-refractivity contribution in [1.82, 2.24) is 4.90 Å². The van der Waals surface area contributed by atoms with Gasteiger partial charge in [0.1, 0.15) is 0 Å². The van der Waals surface area contributed by atoms with Crippen molar-refractivity contribution < 1.29 is 0 Å². The Hall–Kier alpha value is 0.500. The average Bonchev–Trinajstić information content (AvgIpc) is 2.06. The summed E-state index contributed by atoms with van der Waals surface area (Å²) in [6, 6.07) is 0. The Morgan fingerprint density at radius 3 is 2.62 bits per heavy atom. The van der Waals surface area contributed by atoms with Crippen LogP contribution in [-0.2, 0) is 0 Å². The van der Waals surface area contributed by atoms with Crippen molar-refractivity contribution in [3.63, 3.8) is 0 Å². The lowest BCUT2D eigenvalue weighted by atomic mass is 9.80. The Morgan fingerprint density at radius 1 is 1.15 bits per heavy atom.